The molecule has 0 bridgehead atoms. The number of hydrogen-bond acceptors (Lipinski definition) is 2. The van der Waals surface area contributed by atoms with E-state index in [1.54, 1.807) is 0 Å². The Bertz CT molecular complexity index is 136. The third-order valence-corrected chi connectivity index (χ3v) is 3.29. The molecule has 0 saturated heterocycles. The highest BCUT2D eigenvalue weighted by atomic mass is 16.3. The fraction of sp³-hybridized carbons (Fsp3) is 1.00. The molecule has 0 radical (unpaired) electrons. The molecule has 2 N–H and O–H groups in total. The van der Waals surface area contributed by atoms with Gasteiger partial charge in [-0.3, -0.25) is 0 Å². The Hall–Kier alpha value is -0.0800. The lowest BCUT2D eigenvalue weighted by Gasteiger charge is -2.33. The zero-order valence-corrected chi connectivity index (χ0v) is 8.03. The summed E-state index contributed by atoms with van der Waals surface area (Å²) in [5.74, 6) is 1.33. The van der Waals surface area contributed by atoms with Crippen LogP contribution in [0.5, 0.6) is 0 Å². The second-order valence-corrected chi connectivity index (χ2v) is 4.28. The fourth-order valence-corrected chi connectivity index (χ4v) is 2.00. The molecule has 0 aromatic rings. The number of hydrogen-bond donors (Lipinski definition) is 2. The maximum absolute atomic E-state index is 9.61. The van der Waals surface area contributed by atoms with Crippen molar-refractivity contribution in [1.29, 1.82) is 0 Å². The molecule has 0 aliphatic heterocycles. The highest BCUT2D eigenvalue weighted by Gasteiger charge is 2.28. The van der Waals surface area contributed by atoms with Crippen molar-refractivity contribution in [3.8, 4) is 0 Å². The molecule has 0 aromatic heterocycles. The molecule has 0 amide bonds. The first-order chi connectivity index (χ1) is 5.65. The molecule has 4 atom stereocenters. The van der Waals surface area contributed by atoms with Crippen molar-refractivity contribution in [3.63, 3.8) is 0 Å². The zero-order chi connectivity index (χ0) is 9.14. The average molecular weight is 172 g/mol. The van der Waals surface area contributed by atoms with Crippen LogP contribution in [0.1, 0.15) is 33.1 Å². The van der Waals surface area contributed by atoms with Crippen LogP contribution in [-0.2, 0) is 0 Å². The number of aliphatic hydroxyl groups excluding tert-OH is 2. The molecule has 0 spiro atoms. The summed E-state index contributed by atoms with van der Waals surface area (Å²) in [6.07, 6.45) is 3.01. The van der Waals surface area contributed by atoms with E-state index in [0.717, 1.165) is 12.8 Å². The van der Waals surface area contributed by atoms with Crippen LogP contribution in [0.25, 0.3) is 0 Å². The number of aliphatic hydroxyl groups is 2. The van der Waals surface area contributed by atoms with E-state index in [4.69, 9.17) is 5.11 Å². The van der Waals surface area contributed by atoms with E-state index in [0.29, 0.717) is 17.8 Å². The topological polar surface area (TPSA) is 40.5 Å². The van der Waals surface area contributed by atoms with Gasteiger partial charge in [-0.1, -0.05) is 13.8 Å². The van der Waals surface area contributed by atoms with Gasteiger partial charge >= 0.3 is 0 Å². The van der Waals surface area contributed by atoms with Gasteiger partial charge in [0.15, 0.2) is 0 Å². The molecule has 0 heterocycles. The Morgan fingerprint density at radius 2 is 2.08 bits per heavy atom. The van der Waals surface area contributed by atoms with Crippen LogP contribution in [-0.4, -0.2) is 22.9 Å². The fourth-order valence-electron chi connectivity index (χ4n) is 2.00. The molecule has 1 aliphatic carbocycles. The molecule has 1 aliphatic rings. The molecule has 0 aromatic carbocycles. The van der Waals surface area contributed by atoms with Gasteiger partial charge in [0.2, 0.25) is 0 Å². The van der Waals surface area contributed by atoms with Crippen molar-refractivity contribution in [1.82, 2.24) is 0 Å². The molecule has 1 rings (SSSR count). The molecular formula is C10H20O2. The van der Waals surface area contributed by atoms with Crippen molar-refractivity contribution in [2.24, 2.45) is 17.8 Å². The van der Waals surface area contributed by atoms with Gasteiger partial charge in [0.05, 0.1) is 6.10 Å². The van der Waals surface area contributed by atoms with Gasteiger partial charge in [-0.05, 0) is 37.0 Å². The largest absolute Gasteiger partial charge is 0.396 e. The Balaban J connectivity index is 2.39. The highest BCUT2D eigenvalue weighted by molar-refractivity contribution is 4.79. The lowest BCUT2D eigenvalue weighted by molar-refractivity contribution is 0.0288. The van der Waals surface area contributed by atoms with E-state index >= 15 is 0 Å². The molecule has 0 unspecified atom stereocenters. The first-order valence-corrected chi connectivity index (χ1v) is 4.94. The summed E-state index contributed by atoms with van der Waals surface area (Å²) < 4.78 is 0. The van der Waals surface area contributed by atoms with Gasteiger partial charge in [-0.15, -0.1) is 0 Å². The molecular weight excluding hydrogens is 152 g/mol. The van der Waals surface area contributed by atoms with Gasteiger partial charge in [0.25, 0.3) is 0 Å². The Labute approximate surface area is 74.6 Å². The van der Waals surface area contributed by atoms with Crippen molar-refractivity contribution >= 4 is 0 Å². The maximum atomic E-state index is 9.61. The van der Waals surface area contributed by atoms with E-state index in [1.165, 1.54) is 6.42 Å². The zero-order valence-electron chi connectivity index (χ0n) is 8.03. The van der Waals surface area contributed by atoms with Crippen LogP contribution in [0.2, 0.25) is 0 Å². The average Bonchev–Trinajstić information content (AvgIpc) is 2.08. The third kappa shape index (κ3) is 2.20. The van der Waals surface area contributed by atoms with Crippen LogP contribution in [0.15, 0.2) is 0 Å². The van der Waals surface area contributed by atoms with E-state index in [1.807, 2.05) is 0 Å². The first kappa shape index (κ1) is 10.0. The predicted molar refractivity (Wildman–Crippen MR) is 48.8 cm³/mol. The van der Waals surface area contributed by atoms with Crippen LogP contribution < -0.4 is 0 Å². The van der Waals surface area contributed by atoms with E-state index in [-0.39, 0.29) is 12.7 Å². The maximum Gasteiger partial charge on any atom is 0.0568 e. The lowest BCUT2D eigenvalue weighted by Crippen LogP contribution is -2.31. The minimum Gasteiger partial charge on any atom is -0.396 e. The van der Waals surface area contributed by atoms with Crippen molar-refractivity contribution in [2.75, 3.05) is 6.61 Å². The first-order valence-electron chi connectivity index (χ1n) is 4.94. The molecule has 1 saturated carbocycles. The summed E-state index contributed by atoms with van der Waals surface area (Å²) in [6.45, 7) is 4.42. The molecule has 12 heavy (non-hydrogen) atoms. The van der Waals surface area contributed by atoms with E-state index in [9.17, 15) is 5.11 Å². The Kier molecular flexibility index (Phi) is 3.53. The van der Waals surface area contributed by atoms with Gasteiger partial charge < -0.3 is 10.2 Å². The van der Waals surface area contributed by atoms with E-state index < -0.39 is 0 Å². The van der Waals surface area contributed by atoms with Crippen molar-refractivity contribution in [3.05, 3.63) is 0 Å². The second kappa shape index (κ2) is 4.24. The normalized spacial score (nSPS) is 39.5. The van der Waals surface area contributed by atoms with Crippen molar-refractivity contribution in [2.45, 2.75) is 39.2 Å². The van der Waals surface area contributed by atoms with Crippen molar-refractivity contribution < 1.29 is 10.2 Å². The smallest absolute Gasteiger partial charge is 0.0568 e. The lowest BCUT2D eigenvalue weighted by atomic mass is 9.75. The molecule has 1 fully saturated rings. The minimum absolute atomic E-state index is 0.141. The van der Waals surface area contributed by atoms with Crippen LogP contribution in [0.4, 0.5) is 0 Å². The van der Waals surface area contributed by atoms with Gasteiger partial charge in [0, 0.05) is 6.61 Å². The van der Waals surface area contributed by atoms with Crippen LogP contribution in [0, 0.1) is 17.8 Å². The predicted octanol–water partition coefficient (Wildman–Crippen LogP) is 1.41. The molecule has 72 valence electrons. The SMILES string of the molecule is C[C@H](CO)[C@H]1CC[C@@H](C)[C@@H](O)C1. The molecule has 2 heteroatoms. The Morgan fingerprint density at radius 3 is 2.58 bits per heavy atom. The summed E-state index contributed by atoms with van der Waals surface area (Å²) >= 11 is 0. The summed E-state index contributed by atoms with van der Waals surface area (Å²) in [7, 11) is 0. The second-order valence-electron chi connectivity index (χ2n) is 4.28. The summed E-state index contributed by atoms with van der Waals surface area (Å²) in [5, 5.41) is 18.6. The van der Waals surface area contributed by atoms with Crippen LogP contribution >= 0.6 is 0 Å². The monoisotopic (exact) mass is 172 g/mol. The van der Waals surface area contributed by atoms with E-state index in [2.05, 4.69) is 13.8 Å². The van der Waals surface area contributed by atoms with Gasteiger partial charge in [0.1, 0.15) is 0 Å². The summed E-state index contributed by atoms with van der Waals surface area (Å²) in [5.41, 5.74) is 0. The molecule has 2 nitrogen and oxygen atoms in total. The highest BCUT2D eigenvalue weighted by Crippen LogP contribution is 2.33. The van der Waals surface area contributed by atoms with Crippen LogP contribution in [0.3, 0.4) is 0 Å². The van der Waals surface area contributed by atoms with Gasteiger partial charge in [-0.2, -0.15) is 0 Å². The standard InChI is InChI=1S/C10H20O2/c1-7-3-4-9(5-10(7)12)8(2)6-11/h7-12H,3-6H2,1-2H3/t7-,8-,9+,10+/m1/s1. The quantitative estimate of drug-likeness (QED) is 0.661. The third-order valence-electron chi connectivity index (χ3n) is 3.29. The number of rotatable bonds is 2. The minimum atomic E-state index is -0.141. The summed E-state index contributed by atoms with van der Waals surface area (Å²) in [6, 6.07) is 0. The Morgan fingerprint density at radius 1 is 1.42 bits per heavy atom. The van der Waals surface area contributed by atoms with Gasteiger partial charge in [-0.25, -0.2) is 0 Å². The summed E-state index contributed by atoms with van der Waals surface area (Å²) in [4.78, 5) is 0.